The van der Waals surface area contributed by atoms with Gasteiger partial charge in [-0.15, -0.1) is 0 Å². The molecular formula is C11H21N5. The van der Waals surface area contributed by atoms with E-state index >= 15 is 0 Å². The lowest BCUT2D eigenvalue weighted by atomic mass is 10.3. The van der Waals surface area contributed by atoms with Gasteiger partial charge in [0.1, 0.15) is 17.5 Å². The van der Waals surface area contributed by atoms with Gasteiger partial charge < -0.3 is 10.3 Å². The van der Waals surface area contributed by atoms with Crippen molar-refractivity contribution in [3.63, 3.8) is 0 Å². The van der Waals surface area contributed by atoms with Gasteiger partial charge in [0.2, 0.25) is 0 Å². The first-order chi connectivity index (χ1) is 7.62. The van der Waals surface area contributed by atoms with Crippen LogP contribution in [0.4, 0.5) is 11.6 Å². The summed E-state index contributed by atoms with van der Waals surface area (Å²) in [5, 5.41) is 0. The molecule has 0 bridgehead atoms. The minimum absolute atomic E-state index is 0.412. The number of hydrogen-bond acceptors (Lipinski definition) is 5. The number of nitrogens with one attached hydrogen (secondary N) is 1. The predicted molar refractivity (Wildman–Crippen MR) is 67.4 cm³/mol. The highest BCUT2D eigenvalue weighted by atomic mass is 15.3. The van der Waals surface area contributed by atoms with Crippen molar-refractivity contribution in [1.82, 2.24) is 9.97 Å². The molecule has 5 nitrogen and oxygen atoms in total. The number of nitrogens with zero attached hydrogens (tertiary/aromatic N) is 3. The smallest absolute Gasteiger partial charge is 0.145 e. The van der Waals surface area contributed by atoms with Gasteiger partial charge in [0.05, 0.1) is 0 Å². The number of nitrogens with two attached hydrogens (primary N) is 1. The zero-order valence-electron chi connectivity index (χ0n) is 10.5. The van der Waals surface area contributed by atoms with Crippen molar-refractivity contribution < 1.29 is 0 Å². The largest absolute Gasteiger partial charge is 0.354 e. The van der Waals surface area contributed by atoms with Crippen LogP contribution in [0.3, 0.4) is 0 Å². The quantitative estimate of drug-likeness (QED) is 0.585. The molecule has 0 amide bonds. The molecule has 1 rings (SSSR count). The maximum Gasteiger partial charge on any atom is 0.145 e. The Balaban J connectivity index is 3.10. The topological polar surface area (TPSA) is 67.1 Å². The van der Waals surface area contributed by atoms with Gasteiger partial charge in [-0.1, -0.05) is 6.92 Å². The SMILES string of the molecule is CCc1nc(NN)cc(N(CC)C(C)C)n1. The Morgan fingerprint density at radius 3 is 2.50 bits per heavy atom. The minimum atomic E-state index is 0.412. The van der Waals surface area contributed by atoms with Crippen molar-refractivity contribution in [2.75, 3.05) is 16.9 Å². The highest BCUT2D eigenvalue weighted by Crippen LogP contribution is 2.17. The predicted octanol–water partition coefficient (Wildman–Crippen LogP) is 1.56. The van der Waals surface area contributed by atoms with Crippen LogP contribution in [0.25, 0.3) is 0 Å². The van der Waals surface area contributed by atoms with E-state index in [4.69, 9.17) is 5.84 Å². The average Bonchev–Trinajstić information content (AvgIpc) is 2.29. The monoisotopic (exact) mass is 223 g/mol. The summed E-state index contributed by atoms with van der Waals surface area (Å²) >= 11 is 0. The van der Waals surface area contributed by atoms with Crippen LogP contribution in [0.1, 0.15) is 33.5 Å². The van der Waals surface area contributed by atoms with Crippen LogP contribution in [0.5, 0.6) is 0 Å². The molecule has 0 unspecified atom stereocenters. The first-order valence-corrected chi connectivity index (χ1v) is 5.73. The summed E-state index contributed by atoms with van der Waals surface area (Å²) < 4.78 is 0. The number of anilines is 2. The van der Waals surface area contributed by atoms with Crippen molar-refractivity contribution in [2.45, 2.75) is 40.2 Å². The number of hydrogen-bond donors (Lipinski definition) is 2. The molecule has 0 aliphatic heterocycles. The molecule has 0 aromatic carbocycles. The number of aryl methyl sites for hydroxylation is 1. The number of hydrazine groups is 1. The molecule has 16 heavy (non-hydrogen) atoms. The van der Waals surface area contributed by atoms with Crippen molar-refractivity contribution in [3.05, 3.63) is 11.9 Å². The normalized spacial score (nSPS) is 10.6. The Hall–Kier alpha value is -1.36. The van der Waals surface area contributed by atoms with Crippen LogP contribution in [0.15, 0.2) is 6.07 Å². The lowest BCUT2D eigenvalue weighted by Gasteiger charge is -2.26. The molecule has 0 aliphatic rings. The number of aromatic nitrogens is 2. The van der Waals surface area contributed by atoms with E-state index in [-0.39, 0.29) is 0 Å². The fourth-order valence-corrected chi connectivity index (χ4v) is 1.65. The number of nitrogen functional groups attached to an aromatic ring is 1. The van der Waals surface area contributed by atoms with Crippen LogP contribution in [-0.2, 0) is 6.42 Å². The third-order valence-corrected chi connectivity index (χ3v) is 2.48. The highest BCUT2D eigenvalue weighted by Gasteiger charge is 2.12. The fraction of sp³-hybridized carbons (Fsp3) is 0.636. The van der Waals surface area contributed by atoms with Crippen molar-refractivity contribution in [3.8, 4) is 0 Å². The second kappa shape index (κ2) is 5.65. The average molecular weight is 223 g/mol. The third-order valence-electron chi connectivity index (χ3n) is 2.48. The van der Waals surface area contributed by atoms with Gasteiger partial charge >= 0.3 is 0 Å². The molecule has 0 atom stereocenters. The maximum atomic E-state index is 5.40. The Morgan fingerprint density at radius 1 is 1.38 bits per heavy atom. The Labute approximate surface area is 97.0 Å². The van der Waals surface area contributed by atoms with Gasteiger partial charge in [0, 0.05) is 25.1 Å². The van der Waals surface area contributed by atoms with Crippen LogP contribution >= 0.6 is 0 Å². The first-order valence-electron chi connectivity index (χ1n) is 5.73. The van der Waals surface area contributed by atoms with E-state index < -0.39 is 0 Å². The molecule has 0 saturated heterocycles. The van der Waals surface area contributed by atoms with Gasteiger partial charge in [-0.2, -0.15) is 0 Å². The van der Waals surface area contributed by atoms with Crippen molar-refractivity contribution in [2.24, 2.45) is 5.84 Å². The van der Waals surface area contributed by atoms with E-state index in [1.165, 1.54) is 0 Å². The maximum absolute atomic E-state index is 5.40. The molecule has 1 aromatic heterocycles. The van der Waals surface area contributed by atoms with E-state index in [1.807, 2.05) is 13.0 Å². The van der Waals surface area contributed by atoms with Gasteiger partial charge in [0.25, 0.3) is 0 Å². The molecule has 5 heteroatoms. The summed E-state index contributed by atoms with van der Waals surface area (Å²) in [5.41, 5.74) is 2.58. The van der Waals surface area contributed by atoms with Crippen LogP contribution in [0.2, 0.25) is 0 Å². The molecule has 3 N–H and O–H groups in total. The molecule has 0 aliphatic carbocycles. The van der Waals surface area contributed by atoms with Crippen molar-refractivity contribution in [1.29, 1.82) is 0 Å². The van der Waals surface area contributed by atoms with Gasteiger partial charge in [-0.3, -0.25) is 0 Å². The summed E-state index contributed by atoms with van der Waals surface area (Å²) in [6.07, 6.45) is 0.804. The van der Waals surface area contributed by atoms with Crippen molar-refractivity contribution >= 4 is 11.6 Å². The standard InChI is InChI=1S/C11H21N5/c1-5-9-13-10(15-12)7-11(14-9)16(6-2)8(3)4/h7-8H,5-6,12H2,1-4H3,(H,13,14,15). The first kappa shape index (κ1) is 12.7. The van der Waals surface area contributed by atoms with Crippen LogP contribution < -0.4 is 16.2 Å². The van der Waals surface area contributed by atoms with E-state index in [1.54, 1.807) is 0 Å². The lowest BCUT2D eigenvalue weighted by Crippen LogP contribution is -2.31. The molecule has 0 radical (unpaired) electrons. The summed E-state index contributed by atoms with van der Waals surface area (Å²) in [5.74, 6) is 7.81. The zero-order chi connectivity index (χ0) is 12.1. The third kappa shape index (κ3) is 2.82. The van der Waals surface area contributed by atoms with E-state index in [0.717, 1.165) is 24.6 Å². The summed E-state index contributed by atoms with van der Waals surface area (Å²) in [7, 11) is 0. The Morgan fingerprint density at radius 2 is 2.06 bits per heavy atom. The summed E-state index contributed by atoms with van der Waals surface area (Å²) in [6.45, 7) is 9.36. The Bertz CT molecular complexity index is 315. The minimum Gasteiger partial charge on any atom is -0.354 e. The highest BCUT2D eigenvalue weighted by molar-refractivity contribution is 5.49. The summed E-state index contributed by atoms with van der Waals surface area (Å²) in [6, 6.07) is 2.29. The van der Waals surface area contributed by atoms with E-state index in [2.05, 4.69) is 41.1 Å². The molecule has 0 saturated carbocycles. The molecule has 1 aromatic rings. The molecule has 0 fully saturated rings. The molecule has 0 spiro atoms. The Kier molecular flexibility index (Phi) is 4.49. The van der Waals surface area contributed by atoms with Gasteiger partial charge in [-0.05, 0) is 20.8 Å². The molecule has 1 heterocycles. The van der Waals surface area contributed by atoms with Crippen LogP contribution in [0, 0.1) is 0 Å². The van der Waals surface area contributed by atoms with Gasteiger partial charge in [0.15, 0.2) is 0 Å². The zero-order valence-corrected chi connectivity index (χ0v) is 10.5. The summed E-state index contributed by atoms with van der Waals surface area (Å²) in [4.78, 5) is 11.0. The number of rotatable bonds is 5. The van der Waals surface area contributed by atoms with E-state index in [9.17, 15) is 0 Å². The molecular weight excluding hydrogens is 202 g/mol. The van der Waals surface area contributed by atoms with E-state index in [0.29, 0.717) is 11.9 Å². The second-order valence-corrected chi connectivity index (χ2v) is 3.91. The van der Waals surface area contributed by atoms with Crippen LogP contribution in [-0.4, -0.2) is 22.6 Å². The lowest BCUT2D eigenvalue weighted by molar-refractivity contribution is 0.688. The van der Waals surface area contributed by atoms with Gasteiger partial charge in [-0.25, -0.2) is 15.8 Å². The molecule has 90 valence electrons. The second-order valence-electron chi connectivity index (χ2n) is 3.91. The fourth-order valence-electron chi connectivity index (χ4n) is 1.65.